The topological polar surface area (TPSA) is 48.8 Å². The Morgan fingerprint density at radius 3 is 2.77 bits per heavy atom. The molecular weight excluding hydrogens is 162 g/mol. The van der Waals surface area contributed by atoms with E-state index >= 15 is 0 Å². The van der Waals surface area contributed by atoms with Gasteiger partial charge in [0.1, 0.15) is 0 Å². The molecule has 0 fully saturated rings. The highest BCUT2D eigenvalue weighted by atomic mass is 15.2. The fourth-order valence-corrected chi connectivity index (χ4v) is 1.80. The first kappa shape index (κ1) is 10.1. The molecule has 1 aliphatic rings. The number of nitrogens with zero attached hydrogens (tertiary/aromatic N) is 3. The SMILES string of the molecule is CC1=CC[C@H](C(C)(C)N=[N+]=[N-])CC1. The van der Waals surface area contributed by atoms with Crippen LogP contribution >= 0.6 is 0 Å². The van der Waals surface area contributed by atoms with Crippen molar-refractivity contribution in [1.29, 1.82) is 0 Å². The van der Waals surface area contributed by atoms with Crippen LogP contribution in [0.25, 0.3) is 10.4 Å². The smallest absolute Gasteiger partial charge is 0.0463 e. The Hall–Kier alpha value is -0.950. The van der Waals surface area contributed by atoms with Crippen LogP contribution in [0.4, 0.5) is 0 Å². The van der Waals surface area contributed by atoms with Gasteiger partial charge in [-0.15, -0.1) is 0 Å². The molecule has 72 valence electrons. The summed E-state index contributed by atoms with van der Waals surface area (Å²) < 4.78 is 0. The maximum atomic E-state index is 8.43. The third-order valence-electron chi connectivity index (χ3n) is 2.94. The highest BCUT2D eigenvalue weighted by Crippen LogP contribution is 2.34. The van der Waals surface area contributed by atoms with Gasteiger partial charge in [0.15, 0.2) is 0 Å². The average molecular weight is 179 g/mol. The molecule has 0 bridgehead atoms. The van der Waals surface area contributed by atoms with Crippen LogP contribution in [0.3, 0.4) is 0 Å². The average Bonchev–Trinajstić information content (AvgIpc) is 2.05. The van der Waals surface area contributed by atoms with Crippen molar-refractivity contribution in [2.24, 2.45) is 11.0 Å². The van der Waals surface area contributed by atoms with Crippen LogP contribution in [0.1, 0.15) is 40.0 Å². The Morgan fingerprint density at radius 2 is 2.31 bits per heavy atom. The zero-order chi connectivity index (χ0) is 9.90. The van der Waals surface area contributed by atoms with Crippen molar-refractivity contribution < 1.29 is 0 Å². The number of hydrogen-bond donors (Lipinski definition) is 0. The molecule has 0 unspecified atom stereocenters. The molecule has 13 heavy (non-hydrogen) atoms. The molecule has 0 saturated heterocycles. The van der Waals surface area contributed by atoms with E-state index < -0.39 is 0 Å². The van der Waals surface area contributed by atoms with E-state index in [1.54, 1.807) is 0 Å². The fourth-order valence-electron chi connectivity index (χ4n) is 1.80. The third kappa shape index (κ3) is 2.49. The van der Waals surface area contributed by atoms with E-state index in [0.717, 1.165) is 19.3 Å². The third-order valence-corrected chi connectivity index (χ3v) is 2.94. The van der Waals surface area contributed by atoms with E-state index in [0.29, 0.717) is 5.92 Å². The van der Waals surface area contributed by atoms with Gasteiger partial charge in [-0.1, -0.05) is 30.6 Å². The Kier molecular flexibility index (Phi) is 2.99. The minimum Gasteiger partial charge on any atom is -0.0875 e. The maximum absolute atomic E-state index is 8.43. The summed E-state index contributed by atoms with van der Waals surface area (Å²) >= 11 is 0. The molecule has 0 aromatic rings. The van der Waals surface area contributed by atoms with Gasteiger partial charge in [0.25, 0.3) is 0 Å². The van der Waals surface area contributed by atoms with Gasteiger partial charge in [-0.3, -0.25) is 0 Å². The summed E-state index contributed by atoms with van der Waals surface area (Å²) in [6.07, 6.45) is 5.62. The Labute approximate surface area is 79.5 Å². The molecule has 0 heterocycles. The Bertz CT molecular complexity index is 259. The first-order valence-corrected chi connectivity index (χ1v) is 4.78. The van der Waals surface area contributed by atoms with E-state index in [2.05, 4.69) is 23.0 Å². The lowest BCUT2D eigenvalue weighted by molar-refractivity contribution is 0.294. The summed E-state index contributed by atoms with van der Waals surface area (Å²) in [6.45, 7) is 6.20. The van der Waals surface area contributed by atoms with Gasteiger partial charge in [-0.25, -0.2) is 0 Å². The molecular formula is C10H17N3. The molecule has 3 heteroatoms. The summed E-state index contributed by atoms with van der Waals surface area (Å²) in [4.78, 5) is 2.91. The van der Waals surface area contributed by atoms with Crippen molar-refractivity contribution >= 4 is 0 Å². The molecule has 0 radical (unpaired) electrons. The van der Waals surface area contributed by atoms with Gasteiger partial charge < -0.3 is 0 Å². The van der Waals surface area contributed by atoms with Crippen molar-refractivity contribution in [2.45, 2.75) is 45.6 Å². The van der Waals surface area contributed by atoms with E-state index in [9.17, 15) is 0 Å². The first-order valence-electron chi connectivity index (χ1n) is 4.78. The highest BCUT2D eigenvalue weighted by molar-refractivity contribution is 5.06. The summed E-state index contributed by atoms with van der Waals surface area (Å²) in [6, 6.07) is 0. The second-order valence-corrected chi connectivity index (χ2v) is 4.36. The summed E-state index contributed by atoms with van der Waals surface area (Å²) in [7, 11) is 0. The number of azide groups is 1. The molecule has 0 N–H and O–H groups in total. The standard InChI is InChI=1S/C10H17N3/c1-8-4-6-9(7-5-8)10(2,3)12-13-11/h4,9H,5-7H2,1-3H3/t9-/m0/s1. The minimum absolute atomic E-state index is 0.230. The summed E-state index contributed by atoms with van der Waals surface area (Å²) in [5.41, 5.74) is 9.66. The van der Waals surface area contributed by atoms with Crippen LogP contribution in [0.5, 0.6) is 0 Å². The maximum Gasteiger partial charge on any atom is 0.0463 e. The predicted octanol–water partition coefficient (Wildman–Crippen LogP) is 3.82. The van der Waals surface area contributed by atoms with Gasteiger partial charge >= 0.3 is 0 Å². The molecule has 1 atom stereocenters. The fraction of sp³-hybridized carbons (Fsp3) is 0.800. The molecule has 0 saturated carbocycles. The quantitative estimate of drug-likeness (QED) is 0.268. The Balaban J connectivity index is 2.69. The molecule has 0 aliphatic heterocycles. The van der Waals surface area contributed by atoms with Gasteiger partial charge in [0.05, 0.1) is 0 Å². The van der Waals surface area contributed by atoms with Crippen molar-refractivity contribution in [3.8, 4) is 0 Å². The molecule has 0 aromatic carbocycles. The van der Waals surface area contributed by atoms with Gasteiger partial charge in [0.2, 0.25) is 0 Å². The Morgan fingerprint density at radius 1 is 1.62 bits per heavy atom. The van der Waals surface area contributed by atoms with Crippen molar-refractivity contribution in [3.63, 3.8) is 0 Å². The van der Waals surface area contributed by atoms with Crippen molar-refractivity contribution in [2.75, 3.05) is 0 Å². The molecule has 0 amide bonds. The highest BCUT2D eigenvalue weighted by Gasteiger charge is 2.28. The van der Waals surface area contributed by atoms with E-state index in [4.69, 9.17) is 5.53 Å². The normalized spacial score (nSPS) is 23.3. The van der Waals surface area contributed by atoms with E-state index in [-0.39, 0.29) is 5.54 Å². The minimum atomic E-state index is -0.230. The molecule has 1 rings (SSSR count). The van der Waals surface area contributed by atoms with Gasteiger partial charge in [0, 0.05) is 10.5 Å². The second kappa shape index (κ2) is 3.84. The lowest BCUT2D eigenvalue weighted by atomic mass is 9.78. The molecule has 0 aromatic heterocycles. The monoisotopic (exact) mass is 179 g/mol. The summed E-state index contributed by atoms with van der Waals surface area (Å²) in [5.74, 6) is 0.507. The van der Waals surface area contributed by atoms with E-state index in [1.807, 2.05) is 13.8 Å². The first-order chi connectivity index (χ1) is 6.06. The van der Waals surface area contributed by atoms with Crippen LogP contribution in [0.2, 0.25) is 0 Å². The van der Waals surface area contributed by atoms with E-state index in [1.165, 1.54) is 5.57 Å². The van der Waals surface area contributed by atoms with Crippen LogP contribution in [-0.2, 0) is 0 Å². The molecule has 1 aliphatic carbocycles. The molecule has 0 spiro atoms. The largest absolute Gasteiger partial charge is 0.0875 e. The summed E-state index contributed by atoms with van der Waals surface area (Å²) in [5, 5.41) is 3.86. The zero-order valence-electron chi connectivity index (χ0n) is 8.62. The van der Waals surface area contributed by atoms with Crippen molar-refractivity contribution in [3.05, 3.63) is 22.1 Å². The van der Waals surface area contributed by atoms with Crippen LogP contribution in [-0.4, -0.2) is 5.54 Å². The van der Waals surface area contributed by atoms with Crippen LogP contribution in [0, 0.1) is 5.92 Å². The van der Waals surface area contributed by atoms with Crippen molar-refractivity contribution in [1.82, 2.24) is 0 Å². The van der Waals surface area contributed by atoms with Crippen LogP contribution < -0.4 is 0 Å². The van der Waals surface area contributed by atoms with Crippen LogP contribution in [0.15, 0.2) is 16.8 Å². The van der Waals surface area contributed by atoms with Gasteiger partial charge in [-0.2, -0.15) is 0 Å². The number of rotatable bonds is 2. The number of hydrogen-bond acceptors (Lipinski definition) is 1. The molecule has 3 nitrogen and oxygen atoms in total. The lowest BCUT2D eigenvalue weighted by Crippen LogP contribution is -2.29. The lowest BCUT2D eigenvalue weighted by Gasteiger charge is -2.31. The van der Waals surface area contributed by atoms with Gasteiger partial charge in [-0.05, 0) is 37.6 Å². The number of allylic oxidation sites excluding steroid dienone is 2. The second-order valence-electron chi connectivity index (χ2n) is 4.36. The zero-order valence-corrected chi connectivity index (χ0v) is 8.62. The predicted molar refractivity (Wildman–Crippen MR) is 54.3 cm³/mol.